The fourth-order valence-electron chi connectivity index (χ4n) is 0.919. The van der Waals surface area contributed by atoms with Gasteiger partial charge in [-0.15, -0.1) is 10.2 Å². The molecule has 5 nitrogen and oxygen atoms in total. The van der Waals surface area contributed by atoms with Crippen molar-refractivity contribution in [3.05, 3.63) is 17.4 Å². The van der Waals surface area contributed by atoms with Crippen LogP contribution in [-0.2, 0) is 6.18 Å². The van der Waals surface area contributed by atoms with Gasteiger partial charge in [0.2, 0.25) is 5.82 Å². The van der Waals surface area contributed by atoms with Gasteiger partial charge in [-0.05, 0) is 11.8 Å². The average molecular weight is 279 g/mol. The molecule has 90 valence electrons. The summed E-state index contributed by atoms with van der Waals surface area (Å²) in [5.74, 6) is -1.50. The van der Waals surface area contributed by atoms with Gasteiger partial charge in [-0.2, -0.15) is 13.2 Å². The number of hydrogen-bond donors (Lipinski definition) is 1. The minimum atomic E-state index is -4.62. The number of anilines is 1. The van der Waals surface area contributed by atoms with Crippen molar-refractivity contribution >= 4 is 28.9 Å². The lowest BCUT2D eigenvalue weighted by Crippen LogP contribution is -2.12. The highest BCUT2D eigenvalue weighted by Gasteiger charge is 2.35. The molecular weight excluding hydrogens is 275 g/mol. The van der Waals surface area contributed by atoms with Crippen molar-refractivity contribution in [3.63, 3.8) is 0 Å². The summed E-state index contributed by atoms with van der Waals surface area (Å²) in [6.07, 6.45) is -4.62. The Balaban J connectivity index is 2.32. The van der Waals surface area contributed by atoms with E-state index in [0.717, 1.165) is 11.8 Å². The number of rotatable bonds is 2. The first-order valence-electron chi connectivity index (χ1n) is 4.11. The van der Waals surface area contributed by atoms with E-state index < -0.39 is 12.0 Å². The average Bonchev–Trinajstić information content (AvgIpc) is 2.68. The zero-order valence-corrected chi connectivity index (χ0v) is 9.60. The van der Waals surface area contributed by atoms with E-state index >= 15 is 0 Å². The number of nitrogen functional groups attached to an aromatic ring is 1. The molecule has 0 unspecified atom stereocenters. The fraction of sp³-hybridized carbons (Fsp3) is 0.143. The van der Waals surface area contributed by atoms with Crippen molar-refractivity contribution in [3.8, 4) is 0 Å². The van der Waals surface area contributed by atoms with E-state index in [1.807, 2.05) is 0 Å². The molecule has 0 saturated heterocycles. The van der Waals surface area contributed by atoms with Crippen LogP contribution in [0.25, 0.3) is 0 Å². The molecule has 2 rings (SSSR count). The molecule has 0 atom stereocenters. The van der Waals surface area contributed by atoms with E-state index in [4.69, 9.17) is 5.73 Å². The zero-order valence-electron chi connectivity index (χ0n) is 7.97. The molecule has 0 saturated carbocycles. The molecule has 0 bridgehead atoms. The predicted molar refractivity (Wildman–Crippen MR) is 55.5 cm³/mol. The van der Waals surface area contributed by atoms with E-state index in [1.54, 1.807) is 0 Å². The third kappa shape index (κ3) is 3.03. The Bertz CT molecular complexity index is 513. The summed E-state index contributed by atoms with van der Waals surface area (Å²) in [7, 11) is 0. The normalized spacial score (nSPS) is 11.7. The summed E-state index contributed by atoms with van der Waals surface area (Å²) in [5, 5.41) is 7.33. The lowest BCUT2D eigenvalue weighted by atomic mass is 10.5. The van der Waals surface area contributed by atoms with Gasteiger partial charge in [-0.1, -0.05) is 11.3 Å². The lowest BCUT2D eigenvalue weighted by molar-refractivity contribution is -0.145. The van der Waals surface area contributed by atoms with Crippen molar-refractivity contribution in [2.45, 2.75) is 15.5 Å². The Hall–Kier alpha value is -1.42. The smallest absolute Gasteiger partial charge is 0.384 e. The van der Waals surface area contributed by atoms with Gasteiger partial charge in [0.15, 0.2) is 4.34 Å². The minimum Gasteiger partial charge on any atom is -0.384 e. The Morgan fingerprint density at radius 3 is 2.65 bits per heavy atom. The van der Waals surface area contributed by atoms with Crippen molar-refractivity contribution < 1.29 is 13.2 Å². The lowest BCUT2D eigenvalue weighted by Gasteiger charge is -2.06. The molecule has 2 N–H and O–H groups in total. The maximum Gasteiger partial charge on any atom is 0.451 e. The summed E-state index contributed by atoms with van der Waals surface area (Å²) in [6, 6.07) is 1.25. The molecule has 0 spiro atoms. The highest BCUT2D eigenvalue weighted by molar-refractivity contribution is 8.00. The van der Waals surface area contributed by atoms with Gasteiger partial charge in [-0.25, -0.2) is 9.97 Å². The molecule has 17 heavy (non-hydrogen) atoms. The predicted octanol–water partition coefficient (Wildman–Crippen LogP) is 2.08. The van der Waals surface area contributed by atoms with Gasteiger partial charge in [-0.3, -0.25) is 0 Å². The molecule has 0 radical (unpaired) electrons. The molecule has 10 heteroatoms. The number of aromatic nitrogens is 4. The first-order chi connectivity index (χ1) is 7.95. The monoisotopic (exact) mass is 279 g/mol. The van der Waals surface area contributed by atoms with Crippen LogP contribution in [0.5, 0.6) is 0 Å². The van der Waals surface area contributed by atoms with Crippen LogP contribution in [0.4, 0.5) is 19.0 Å². The number of hydrogen-bond acceptors (Lipinski definition) is 7. The number of nitrogens with zero attached hydrogens (tertiary/aromatic N) is 4. The van der Waals surface area contributed by atoms with E-state index in [1.165, 1.54) is 22.9 Å². The summed E-state index contributed by atoms with van der Waals surface area (Å²) < 4.78 is 37.7. The van der Waals surface area contributed by atoms with E-state index in [0.29, 0.717) is 4.34 Å². The second-order valence-electron chi connectivity index (χ2n) is 2.76. The molecule has 0 aliphatic carbocycles. The van der Waals surface area contributed by atoms with Gasteiger partial charge >= 0.3 is 6.18 Å². The maximum atomic E-state index is 12.4. The number of halogens is 3. The first-order valence-corrected chi connectivity index (χ1v) is 5.80. The molecule has 0 aliphatic heterocycles. The van der Waals surface area contributed by atoms with Crippen molar-refractivity contribution in [1.29, 1.82) is 0 Å². The van der Waals surface area contributed by atoms with Gasteiger partial charge in [0.05, 0.1) is 0 Å². The third-order valence-electron chi connectivity index (χ3n) is 1.51. The van der Waals surface area contributed by atoms with Gasteiger partial charge in [0.25, 0.3) is 0 Å². The first kappa shape index (κ1) is 12.0. The molecule has 2 heterocycles. The SMILES string of the molecule is Nc1cc(Sc2nncs2)nc(C(F)(F)F)n1. The van der Waals surface area contributed by atoms with Crippen molar-refractivity contribution in [2.24, 2.45) is 0 Å². The summed E-state index contributed by atoms with van der Waals surface area (Å²) in [6.45, 7) is 0. The summed E-state index contributed by atoms with van der Waals surface area (Å²) in [5.41, 5.74) is 6.76. The third-order valence-corrected chi connectivity index (χ3v) is 3.20. The Labute approximate surface area is 101 Å². The highest BCUT2D eigenvalue weighted by atomic mass is 32.2. The molecule has 0 amide bonds. The molecule has 0 aliphatic rings. The topological polar surface area (TPSA) is 77.6 Å². The van der Waals surface area contributed by atoms with Crippen molar-refractivity contribution in [1.82, 2.24) is 20.2 Å². The Morgan fingerprint density at radius 2 is 2.06 bits per heavy atom. The number of nitrogens with two attached hydrogens (primary N) is 1. The Morgan fingerprint density at radius 1 is 1.29 bits per heavy atom. The standard InChI is InChI=1S/C7H4F3N5S2/c8-7(9,10)5-13-3(11)1-4(14-5)17-6-15-12-2-16-6/h1-2H,(H2,11,13,14). The van der Waals surface area contributed by atoms with Crippen LogP contribution in [0, 0.1) is 0 Å². The fourth-order valence-corrected chi connectivity index (χ4v) is 2.35. The van der Waals surface area contributed by atoms with E-state index in [9.17, 15) is 13.2 Å². The minimum absolute atomic E-state index is 0.0848. The maximum absolute atomic E-state index is 12.4. The van der Waals surface area contributed by atoms with Gasteiger partial charge in [0.1, 0.15) is 16.4 Å². The van der Waals surface area contributed by atoms with E-state index in [-0.39, 0.29) is 10.8 Å². The Kier molecular flexibility index (Phi) is 3.15. The van der Waals surface area contributed by atoms with Crippen LogP contribution in [0.3, 0.4) is 0 Å². The number of alkyl halides is 3. The van der Waals surface area contributed by atoms with Crippen LogP contribution >= 0.6 is 23.1 Å². The van der Waals surface area contributed by atoms with Crippen molar-refractivity contribution in [2.75, 3.05) is 5.73 Å². The van der Waals surface area contributed by atoms with Crippen LogP contribution in [0.15, 0.2) is 20.9 Å². The van der Waals surface area contributed by atoms with Crippen LogP contribution < -0.4 is 5.73 Å². The van der Waals surface area contributed by atoms with Crippen LogP contribution in [0.1, 0.15) is 5.82 Å². The van der Waals surface area contributed by atoms with E-state index in [2.05, 4.69) is 20.2 Å². The molecule has 0 fully saturated rings. The molecule has 2 aromatic rings. The highest BCUT2D eigenvalue weighted by Crippen LogP contribution is 2.32. The largest absolute Gasteiger partial charge is 0.451 e. The summed E-state index contributed by atoms with van der Waals surface area (Å²) in [4.78, 5) is 6.50. The second-order valence-corrected chi connectivity index (χ2v) is 4.86. The molecule has 0 aromatic carbocycles. The molecular formula is C7H4F3N5S2. The van der Waals surface area contributed by atoms with Crippen LogP contribution in [0.2, 0.25) is 0 Å². The van der Waals surface area contributed by atoms with Gasteiger partial charge in [0, 0.05) is 6.07 Å². The summed E-state index contributed by atoms with van der Waals surface area (Å²) >= 11 is 2.15. The van der Waals surface area contributed by atoms with Gasteiger partial charge < -0.3 is 5.73 Å². The zero-order chi connectivity index (χ0) is 12.5. The quantitative estimate of drug-likeness (QED) is 0.848. The second kappa shape index (κ2) is 4.45. The van der Waals surface area contributed by atoms with Crippen LogP contribution in [-0.4, -0.2) is 20.2 Å². The molecule has 2 aromatic heterocycles.